The van der Waals surface area contributed by atoms with Gasteiger partial charge in [-0.25, -0.2) is 0 Å². The van der Waals surface area contributed by atoms with E-state index in [1.807, 2.05) is 54.6 Å². The summed E-state index contributed by atoms with van der Waals surface area (Å²) in [5.41, 5.74) is 2.97. The number of methoxy groups -OCH3 is 1. The van der Waals surface area contributed by atoms with E-state index in [9.17, 15) is 4.79 Å². The highest BCUT2D eigenvalue weighted by Crippen LogP contribution is 2.14. The first-order chi connectivity index (χ1) is 10.6. The largest absolute Gasteiger partial charge is 0.497 e. The van der Waals surface area contributed by atoms with Gasteiger partial charge in [0, 0.05) is 5.56 Å². The molecule has 2 heteroatoms. The molecule has 0 atom stereocenters. The van der Waals surface area contributed by atoms with Crippen molar-refractivity contribution in [3.05, 3.63) is 71.3 Å². The maximum absolute atomic E-state index is 12.2. The van der Waals surface area contributed by atoms with Crippen LogP contribution in [0.1, 0.15) is 35.3 Å². The Kier molecular flexibility index (Phi) is 5.54. The zero-order valence-electron chi connectivity index (χ0n) is 13.4. The number of hydrogen-bond acceptors (Lipinski definition) is 2. The number of hydrogen-bond donors (Lipinski definition) is 0. The summed E-state index contributed by atoms with van der Waals surface area (Å²) >= 11 is 0. The second-order valence-electron chi connectivity index (χ2n) is 5.77. The van der Waals surface area contributed by atoms with E-state index < -0.39 is 0 Å². The fraction of sp³-hybridized carbons (Fsp3) is 0.250. The van der Waals surface area contributed by atoms with Crippen molar-refractivity contribution >= 4 is 11.9 Å². The van der Waals surface area contributed by atoms with Gasteiger partial charge in [-0.15, -0.1) is 0 Å². The summed E-state index contributed by atoms with van der Waals surface area (Å²) in [6.07, 6.45) is 4.47. The van der Waals surface area contributed by atoms with E-state index in [1.54, 1.807) is 13.2 Å². The van der Waals surface area contributed by atoms with Crippen LogP contribution in [0.15, 0.2) is 54.6 Å². The summed E-state index contributed by atoms with van der Waals surface area (Å²) in [5.74, 6) is 1.45. The van der Waals surface area contributed by atoms with Crippen LogP contribution in [0.5, 0.6) is 5.75 Å². The van der Waals surface area contributed by atoms with Crippen LogP contribution >= 0.6 is 0 Å². The predicted octanol–water partition coefficient (Wildman–Crippen LogP) is 4.79. The molecule has 0 aliphatic heterocycles. The topological polar surface area (TPSA) is 26.3 Å². The summed E-state index contributed by atoms with van der Waals surface area (Å²) in [5, 5.41) is 0. The summed E-state index contributed by atoms with van der Waals surface area (Å²) in [6, 6.07) is 15.5. The molecule has 22 heavy (non-hydrogen) atoms. The minimum absolute atomic E-state index is 0.0203. The molecule has 0 unspecified atom stereocenters. The first kappa shape index (κ1) is 16.0. The van der Waals surface area contributed by atoms with Crippen LogP contribution in [0.25, 0.3) is 6.08 Å². The Bertz CT molecular complexity index is 634. The monoisotopic (exact) mass is 294 g/mol. The van der Waals surface area contributed by atoms with Gasteiger partial charge in [-0.2, -0.15) is 0 Å². The van der Waals surface area contributed by atoms with Gasteiger partial charge in [0.15, 0.2) is 5.78 Å². The van der Waals surface area contributed by atoms with Gasteiger partial charge < -0.3 is 4.74 Å². The highest BCUT2D eigenvalue weighted by molar-refractivity contribution is 6.06. The van der Waals surface area contributed by atoms with Crippen molar-refractivity contribution in [2.45, 2.75) is 20.3 Å². The molecule has 0 fully saturated rings. The molecule has 0 bridgehead atoms. The standard InChI is InChI=1S/C20H22O2/c1-15(2)14-17-4-9-18(10-5-17)20(21)13-8-16-6-11-19(22-3)12-7-16/h4-13,15H,14H2,1-3H3/b13-8+. The summed E-state index contributed by atoms with van der Waals surface area (Å²) in [4.78, 5) is 12.2. The molecular weight excluding hydrogens is 272 g/mol. The molecule has 2 aromatic rings. The molecule has 0 spiro atoms. The van der Waals surface area contributed by atoms with E-state index >= 15 is 0 Å². The van der Waals surface area contributed by atoms with Gasteiger partial charge in [0.25, 0.3) is 0 Å². The van der Waals surface area contributed by atoms with Crippen molar-refractivity contribution < 1.29 is 9.53 Å². The molecule has 2 nitrogen and oxygen atoms in total. The van der Waals surface area contributed by atoms with Crippen LogP contribution in [-0.4, -0.2) is 12.9 Å². The lowest BCUT2D eigenvalue weighted by Gasteiger charge is -2.05. The molecule has 0 N–H and O–H groups in total. The Hall–Kier alpha value is -2.35. The van der Waals surface area contributed by atoms with Crippen LogP contribution in [0.4, 0.5) is 0 Å². The average molecular weight is 294 g/mol. The number of carbonyl (C=O) groups is 1. The summed E-state index contributed by atoms with van der Waals surface area (Å²) in [6.45, 7) is 4.38. The van der Waals surface area contributed by atoms with Crippen molar-refractivity contribution in [1.29, 1.82) is 0 Å². The number of carbonyl (C=O) groups excluding carboxylic acids is 1. The normalized spacial score (nSPS) is 11.1. The maximum atomic E-state index is 12.2. The number of ketones is 1. The zero-order valence-corrected chi connectivity index (χ0v) is 13.4. The van der Waals surface area contributed by atoms with Gasteiger partial charge in [-0.05, 0) is 41.7 Å². The molecule has 0 amide bonds. The van der Waals surface area contributed by atoms with Crippen LogP contribution in [-0.2, 0) is 6.42 Å². The molecule has 0 saturated heterocycles. The molecule has 114 valence electrons. The van der Waals surface area contributed by atoms with Gasteiger partial charge in [0.1, 0.15) is 5.75 Å². The third-order valence-corrected chi connectivity index (χ3v) is 3.43. The molecule has 0 saturated carbocycles. The fourth-order valence-electron chi connectivity index (χ4n) is 2.26. The Morgan fingerprint density at radius 1 is 1.05 bits per heavy atom. The smallest absolute Gasteiger partial charge is 0.185 e. The number of rotatable bonds is 6. The third-order valence-electron chi connectivity index (χ3n) is 3.43. The first-order valence-electron chi connectivity index (χ1n) is 7.54. The Balaban J connectivity index is 2.02. The van der Waals surface area contributed by atoms with E-state index in [2.05, 4.69) is 13.8 Å². The lowest BCUT2D eigenvalue weighted by atomic mass is 10.0. The quantitative estimate of drug-likeness (QED) is 0.565. The van der Waals surface area contributed by atoms with Crippen molar-refractivity contribution in [3.8, 4) is 5.75 Å². The van der Waals surface area contributed by atoms with E-state index in [0.29, 0.717) is 5.92 Å². The van der Waals surface area contributed by atoms with Gasteiger partial charge in [0.2, 0.25) is 0 Å². The third kappa shape index (κ3) is 4.59. The molecule has 0 aliphatic carbocycles. The summed E-state index contributed by atoms with van der Waals surface area (Å²) in [7, 11) is 1.64. The molecule has 0 heterocycles. The van der Waals surface area contributed by atoms with E-state index in [1.165, 1.54) is 5.56 Å². The molecule has 0 aromatic heterocycles. The maximum Gasteiger partial charge on any atom is 0.185 e. The highest BCUT2D eigenvalue weighted by Gasteiger charge is 2.03. The molecule has 2 aromatic carbocycles. The molecule has 0 aliphatic rings. The SMILES string of the molecule is COc1ccc(/C=C/C(=O)c2ccc(CC(C)C)cc2)cc1. The minimum Gasteiger partial charge on any atom is -0.497 e. The van der Waals surface area contributed by atoms with Gasteiger partial charge in [-0.3, -0.25) is 4.79 Å². The molecular formula is C20H22O2. The van der Waals surface area contributed by atoms with Crippen LogP contribution < -0.4 is 4.74 Å². The Morgan fingerprint density at radius 3 is 2.23 bits per heavy atom. The van der Waals surface area contributed by atoms with Crippen LogP contribution in [0.3, 0.4) is 0 Å². The second-order valence-corrected chi connectivity index (χ2v) is 5.77. The van der Waals surface area contributed by atoms with Gasteiger partial charge in [-0.1, -0.05) is 56.3 Å². The van der Waals surface area contributed by atoms with Crippen molar-refractivity contribution in [3.63, 3.8) is 0 Å². The van der Waals surface area contributed by atoms with Crippen molar-refractivity contribution in [1.82, 2.24) is 0 Å². The van der Waals surface area contributed by atoms with Crippen molar-refractivity contribution in [2.24, 2.45) is 5.92 Å². The lowest BCUT2D eigenvalue weighted by molar-refractivity contribution is 0.104. The highest BCUT2D eigenvalue weighted by atomic mass is 16.5. The van der Waals surface area contributed by atoms with E-state index in [4.69, 9.17) is 4.74 Å². The number of benzene rings is 2. The van der Waals surface area contributed by atoms with Gasteiger partial charge >= 0.3 is 0 Å². The molecule has 2 rings (SSSR count). The van der Waals surface area contributed by atoms with E-state index in [-0.39, 0.29) is 5.78 Å². The van der Waals surface area contributed by atoms with E-state index in [0.717, 1.165) is 23.3 Å². The van der Waals surface area contributed by atoms with Crippen molar-refractivity contribution in [2.75, 3.05) is 7.11 Å². The fourth-order valence-corrected chi connectivity index (χ4v) is 2.26. The zero-order chi connectivity index (χ0) is 15.9. The Morgan fingerprint density at radius 2 is 1.68 bits per heavy atom. The number of allylic oxidation sites excluding steroid dienone is 1. The predicted molar refractivity (Wildman–Crippen MR) is 91.3 cm³/mol. The first-order valence-corrected chi connectivity index (χ1v) is 7.54. The second kappa shape index (κ2) is 7.60. The average Bonchev–Trinajstić information content (AvgIpc) is 2.53. The van der Waals surface area contributed by atoms with Crippen LogP contribution in [0.2, 0.25) is 0 Å². The Labute approximate surface area is 132 Å². The minimum atomic E-state index is 0.0203. The lowest BCUT2D eigenvalue weighted by Crippen LogP contribution is -1.97. The summed E-state index contributed by atoms with van der Waals surface area (Å²) < 4.78 is 5.11. The number of ether oxygens (including phenoxy) is 1. The molecule has 0 radical (unpaired) electrons. The van der Waals surface area contributed by atoms with Gasteiger partial charge in [0.05, 0.1) is 7.11 Å². The van der Waals surface area contributed by atoms with Crippen LogP contribution in [0, 0.1) is 5.92 Å².